The molecule has 0 amide bonds. The van der Waals surface area contributed by atoms with Gasteiger partial charge in [0, 0.05) is 37.6 Å². The number of pyridine rings is 1. The number of rotatable bonds is 7. The SMILES string of the molecule is O=P(c1ccccc1)(c1ccccc1)c1ccc(-c2cccc(-c3nc4ccc(-c5cccc(-c6ccccc6)c5)cc4c4c3ccc3ccccc34)c2)cc1. The second kappa shape index (κ2) is 14.1. The van der Waals surface area contributed by atoms with Crippen LogP contribution in [-0.4, -0.2) is 4.98 Å². The molecule has 9 aromatic carbocycles. The molecule has 0 radical (unpaired) electrons. The lowest BCUT2D eigenvalue weighted by atomic mass is 9.92. The Kier molecular flexibility index (Phi) is 8.48. The van der Waals surface area contributed by atoms with Gasteiger partial charge in [0.25, 0.3) is 0 Å². The van der Waals surface area contributed by atoms with Crippen molar-refractivity contribution in [3.05, 3.63) is 218 Å². The molecule has 0 N–H and O–H groups in total. The van der Waals surface area contributed by atoms with Crippen LogP contribution in [0.15, 0.2) is 218 Å². The topological polar surface area (TPSA) is 30.0 Å². The molecule has 0 unspecified atom stereocenters. The number of nitrogens with zero attached hydrogens (tertiary/aromatic N) is 1. The van der Waals surface area contributed by atoms with E-state index in [2.05, 4.69) is 146 Å². The number of benzene rings is 9. The number of fused-ring (bicyclic) bond motifs is 5. The van der Waals surface area contributed by atoms with Crippen molar-refractivity contribution in [3.8, 4) is 44.6 Å². The summed E-state index contributed by atoms with van der Waals surface area (Å²) < 4.78 is 15.0. The Morgan fingerprint density at radius 1 is 0.321 bits per heavy atom. The van der Waals surface area contributed by atoms with Gasteiger partial charge in [0.05, 0.1) is 11.2 Å². The summed E-state index contributed by atoms with van der Waals surface area (Å²) in [6, 6.07) is 75.6. The highest BCUT2D eigenvalue weighted by Gasteiger charge is 2.29. The van der Waals surface area contributed by atoms with Gasteiger partial charge in [0.15, 0.2) is 7.14 Å². The summed E-state index contributed by atoms with van der Waals surface area (Å²) in [6.07, 6.45) is 0. The molecule has 56 heavy (non-hydrogen) atoms. The van der Waals surface area contributed by atoms with E-state index in [4.69, 9.17) is 4.98 Å². The molecule has 0 fully saturated rings. The molecule has 0 aliphatic heterocycles. The Morgan fingerprint density at radius 2 is 0.804 bits per heavy atom. The Balaban J connectivity index is 1.08. The highest BCUT2D eigenvalue weighted by atomic mass is 31.2. The molecule has 0 bridgehead atoms. The van der Waals surface area contributed by atoms with Gasteiger partial charge in [-0.15, -0.1) is 0 Å². The summed E-state index contributed by atoms with van der Waals surface area (Å²) in [5.41, 5.74) is 9.83. The molecule has 264 valence electrons. The molecule has 1 aromatic heterocycles. The Hall–Kier alpha value is -6.86. The van der Waals surface area contributed by atoms with E-state index in [1.807, 2.05) is 72.8 Å². The highest BCUT2D eigenvalue weighted by Crippen LogP contribution is 2.43. The van der Waals surface area contributed by atoms with Gasteiger partial charge in [-0.25, -0.2) is 4.98 Å². The smallest absolute Gasteiger partial charge is 0.171 e. The fraction of sp³-hybridized carbons (Fsp3) is 0. The zero-order valence-corrected chi connectivity index (χ0v) is 31.5. The molecule has 0 saturated carbocycles. The minimum Gasteiger partial charge on any atom is -0.309 e. The molecule has 3 heteroatoms. The summed E-state index contributed by atoms with van der Waals surface area (Å²) in [4.78, 5) is 5.39. The van der Waals surface area contributed by atoms with Crippen LogP contribution in [0.1, 0.15) is 0 Å². The average molecular weight is 734 g/mol. The fourth-order valence-electron chi connectivity index (χ4n) is 8.11. The molecule has 0 atom stereocenters. The summed E-state index contributed by atoms with van der Waals surface area (Å²) >= 11 is 0. The molecular weight excluding hydrogens is 698 g/mol. The maximum absolute atomic E-state index is 15.0. The second-order valence-electron chi connectivity index (χ2n) is 14.3. The maximum Gasteiger partial charge on any atom is 0.171 e. The average Bonchev–Trinajstić information content (AvgIpc) is 3.29. The number of hydrogen-bond acceptors (Lipinski definition) is 2. The summed E-state index contributed by atoms with van der Waals surface area (Å²) in [6.45, 7) is 0. The Labute approximate surface area is 326 Å². The number of aromatic nitrogens is 1. The monoisotopic (exact) mass is 733 g/mol. The minimum atomic E-state index is -3.07. The van der Waals surface area contributed by atoms with Gasteiger partial charge in [0.1, 0.15) is 0 Å². The van der Waals surface area contributed by atoms with E-state index < -0.39 is 7.14 Å². The van der Waals surface area contributed by atoms with E-state index >= 15 is 0 Å². The second-order valence-corrected chi connectivity index (χ2v) is 17.0. The van der Waals surface area contributed by atoms with Crippen molar-refractivity contribution in [1.29, 1.82) is 0 Å². The van der Waals surface area contributed by atoms with Gasteiger partial charge in [-0.1, -0.05) is 194 Å². The molecule has 0 spiro atoms. The molecule has 10 aromatic rings. The van der Waals surface area contributed by atoms with Crippen molar-refractivity contribution in [1.82, 2.24) is 4.98 Å². The molecule has 1 heterocycles. The van der Waals surface area contributed by atoms with E-state index in [1.165, 1.54) is 32.8 Å². The van der Waals surface area contributed by atoms with Gasteiger partial charge < -0.3 is 4.57 Å². The van der Waals surface area contributed by atoms with Crippen LogP contribution in [0.2, 0.25) is 0 Å². The third-order valence-electron chi connectivity index (χ3n) is 10.9. The first kappa shape index (κ1) is 33.7. The zero-order chi connectivity index (χ0) is 37.5. The van der Waals surface area contributed by atoms with Gasteiger partial charge in [-0.2, -0.15) is 0 Å². The number of hydrogen-bond donors (Lipinski definition) is 0. The molecule has 0 aliphatic rings. The van der Waals surface area contributed by atoms with Crippen LogP contribution < -0.4 is 15.9 Å². The molecular formula is C53H36NOP. The van der Waals surface area contributed by atoms with Gasteiger partial charge >= 0.3 is 0 Å². The lowest BCUT2D eigenvalue weighted by molar-refractivity contribution is 0.592. The van der Waals surface area contributed by atoms with Gasteiger partial charge in [-0.05, 0) is 68.4 Å². The highest BCUT2D eigenvalue weighted by molar-refractivity contribution is 7.85. The largest absolute Gasteiger partial charge is 0.309 e. The first-order valence-electron chi connectivity index (χ1n) is 19.0. The van der Waals surface area contributed by atoms with Crippen LogP contribution in [0.25, 0.3) is 77.1 Å². The predicted molar refractivity (Wildman–Crippen MR) is 238 cm³/mol. The van der Waals surface area contributed by atoms with Gasteiger partial charge in [-0.3, -0.25) is 0 Å². The predicted octanol–water partition coefficient (Wildman–Crippen LogP) is 12.8. The van der Waals surface area contributed by atoms with Crippen molar-refractivity contribution < 1.29 is 4.57 Å². The first-order chi connectivity index (χ1) is 27.6. The molecule has 0 aliphatic carbocycles. The van der Waals surface area contributed by atoms with Crippen LogP contribution in [0, 0.1) is 0 Å². The maximum atomic E-state index is 15.0. The lowest BCUT2D eigenvalue weighted by Gasteiger charge is -2.20. The third kappa shape index (κ3) is 5.93. The Bertz CT molecular complexity index is 3040. The van der Waals surface area contributed by atoms with Crippen molar-refractivity contribution >= 4 is 55.5 Å². The third-order valence-corrected chi connectivity index (χ3v) is 14.0. The summed E-state index contributed by atoms with van der Waals surface area (Å²) in [5, 5.41) is 8.34. The standard InChI is InChI=1S/C53H36NOP/c55-56(45-21-6-2-7-22-45,46-23-8-3-9-24-46)47-30-26-38(27-31-47)41-18-13-20-44(35-41)53-49-32-28-39-16-10-11-25-48(39)52(49)50-36-43(29-33-51(50)54-53)42-19-12-17-40(34-42)37-14-4-1-5-15-37/h1-36H. The van der Waals surface area contributed by atoms with Crippen molar-refractivity contribution in [2.24, 2.45) is 0 Å². The molecule has 0 saturated heterocycles. The van der Waals surface area contributed by atoms with E-state index in [-0.39, 0.29) is 0 Å². The van der Waals surface area contributed by atoms with E-state index in [1.54, 1.807) is 0 Å². The fourth-order valence-corrected chi connectivity index (χ4v) is 10.8. The van der Waals surface area contributed by atoms with Crippen LogP contribution in [0.5, 0.6) is 0 Å². The van der Waals surface area contributed by atoms with Gasteiger partial charge in [0.2, 0.25) is 0 Å². The normalized spacial score (nSPS) is 11.6. The Morgan fingerprint density at radius 3 is 1.48 bits per heavy atom. The summed E-state index contributed by atoms with van der Waals surface area (Å²) in [7, 11) is -3.07. The van der Waals surface area contributed by atoms with E-state index in [0.29, 0.717) is 0 Å². The van der Waals surface area contributed by atoms with E-state index in [9.17, 15) is 4.57 Å². The summed E-state index contributed by atoms with van der Waals surface area (Å²) in [5.74, 6) is 0. The molecule has 10 rings (SSSR count). The van der Waals surface area contributed by atoms with Crippen LogP contribution in [0.3, 0.4) is 0 Å². The lowest BCUT2D eigenvalue weighted by Crippen LogP contribution is -2.24. The van der Waals surface area contributed by atoms with Crippen LogP contribution in [-0.2, 0) is 4.57 Å². The van der Waals surface area contributed by atoms with E-state index in [0.717, 1.165) is 60.2 Å². The quantitative estimate of drug-likeness (QED) is 0.121. The minimum absolute atomic E-state index is 0.815. The van der Waals surface area contributed by atoms with Crippen LogP contribution in [0.4, 0.5) is 0 Å². The van der Waals surface area contributed by atoms with Crippen LogP contribution >= 0.6 is 7.14 Å². The first-order valence-corrected chi connectivity index (χ1v) is 20.7. The zero-order valence-electron chi connectivity index (χ0n) is 30.6. The molecule has 2 nitrogen and oxygen atoms in total. The van der Waals surface area contributed by atoms with Crippen molar-refractivity contribution in [2.45, 2.75) is 0 Å². The van der Waals surface area contributed by atoms with Crippen molar-refractivity contribution in [3.63, 3.8) is 0 Å². The van der Waals surface area contributed by atoms with Crippen molar-refractivity contribution in [2.75, 3.05) is 0 Å².